The van der Waals surface area contributed by atoms with Crippen LogP contribution in [-0.4, -0.2) is 37.4 Å². The van der Waals surface area contributed by atoms with Gasteiger partial charge < -0.3 is 9.47 Å². The summed E-state index contributed by atoms with van der Waals surface area (Å²) in [5.41, 5.74) is 1.15. The summed E-state index contributed by atoms with van der Waals surface area (Å²) in [4.78, 5) is 16.2. The third-order valence-electron chi connectivity index (χ3n) is 5.02. The molecule has 5 nitrogen and oxygen atoms in total. The Morgan fingerprint density at radius 2 is 2.00 bits per heavy atom. The van der Waals surface area contributed by atoms with Crippen LogP contribution < -0.4 is 0 Å². The molecular formula is C22H26N4OS2. The fourth-order valence-electron chi connectivity index (χ4n) is 3.34. The van der Waals surface area contributed by atoms with E-state index in [1.165, 1.54) is 29.5 Å². The Kier molecular flexibility index (Phi) is 6.35. The first-order valence-corrected chi connectivity index (χ1v) is 11.9. The molecule has 29 heavy (non-hydrogen) atoms. The van der Waals surface area contributed by atoms with E-state index in [4.69, 9.17) is 0 Å². The number of thiophene rings is 1. The van der Waals surface area contributed by atoms with Crippen LogP contribution in [0.3, 0.4) is 0 Å². The highest BCUT2D eigenvalue weighted by Crippen LogP contribution is 2.39. The maximum atomic E-state index is 13.0. The van der Waals surface area contributed by atoms with Gasteiger partial charge in [0.25, 0.3) is 0 Å². The monoisotopic (exact) mass is 426 g/mol. The van der Waals surface area contributed by atoms with Crippen LogP contribution >= 0.6 is 23.1 Å². The van der Waals surface area contributed by atoms with Gasteiger partial charge in [-0.05, 0) is 43.7 Å². The van der Waals surface area contributed by atoms with E-state index in [1.54, 1.807) is 11.3 Å². The van der Waals surface area contributed by atoms with E-state index in [9.17, 15) is 4.79 Å². The molecule has 1 aliphatic carbocycles. The molecule has 4 rings (SSSR count). The minimum absolute atomic E-state index is 0.138. The highest BCUT2D eigenvalue weighted by molar-refractivity contribution is 7.99. The Morgan fingerprint density at radius 3 is 2.66 bits per heavy atom. The summed E-state index contributed by atoms with van der Waals surface area (Å²) in [5, 5.41) is 11.8. The first-order chi connectivity index (χ1) is 14.1. The van der Waals surface area contributed by atoms with Crippen molar-refractivity contribution < 1.29 is 4.79 Å². The van der Waals surface area contributed by atoms with Gasteiger partial charge in [0.05, 0.1) is 5.75 Å². The van der Waals surface area contributed by atoms with Gasteiger partial charge in [0.15, 0.2) is 5.16 Å². The fourth-order valence-corrected chi connectivity index (χ4v) is 4.95. The molecule has 0 radical (unpaired) electrons. The SMILES string of the molecule is CC(C)N(Cc1ccccc1)C(=O)CSc1nnc(Cc2cccs2)n1C1CC1. The Labute approximate surface area is 180 Å². The normalized spacial score (nSPS) is 13.8. The van der Waals surface area contributed by atoms with Crippen molar-refractivity contribution in [1.82, 2.24) is 19.7 Å². The van der Waals surface area contributed by atoms with Crippen LogP contribution in [0, 0.1) is 0 Å². The van der Waals surface area contributed by atoms with Crippen LogP contribution in [0.2, 0.25) is 0 Å². The number of hydrogen-bond donors (Lipinski definition) is 0. The van der Waals surface area contributed by atoms with Gasteiger partial charge in [0, 0.05) is 29.9 Å². The van der Waals surface area contributed by atoms with E-state index in [2.05, 4.69) is 58.3 Å². The summed E-state index contributed by atoms with van der Waals surface area (Å²) in [6.07, 6.45) is 3.15. The molecule has 1 aliphatic rings. The fraction of sp³-hybridized carbons (Fsp3) is 0.409. The molecule has 1 saturated carbocycles. The second-order valence-electron chi connectivity index (χ2n) is 7.65. The predicted molar refractivity (Wildman–Crippen MR) is 118 cm³/mol. The van der Waals surface area contributed by atoms with E-state index in [0.717, 1.165) is 23.0 Å². The zero-order chi connectivity index (χ0) is 20.2. The molecule has 1 amide bonds. The van der Waals surface area contributed by atoms with Gasteiger partial charge in [-0.1, -0.05) is 48.2 Å². The molecule has 2 heterocycles. The lowest BCUT2D eigenvalue weighted by molar-refractivity contribution is -0.130. The number of hydrogen-bond acceptors (Lipinski definition) is 5. The van der Waals surface area contributed by atoms with Crippen molar-refractivity contribution in [3.8, 4) is 0 Å². The van der Waals surface area contributed by atoms with Gasteiger partial charge in [-0.25, -0.2) is 0 Å². The lowest BCUT2D eigenvalue weighted by Crippen LogP contribution is -2.37. The molecule has 7 heteroatoms. The third-order valence-corrected chi connectivity index (χ3v) is 6.83. The maximum absolute atomic E-state index is 13.0. The van der Waals surface area contributed by atoms with Crippen LogP contribution in [0.25, 0.3) is 0 Å². The van der Waals surface area contributed by atoms with Crippen LogP contribution in [0.15, 0.2) is 53.0 Å². The van der Waals surface area contributed by atoms with Crippen LogP contribution in [0.1, 0.15) is 49.0 Å². The van der Waals surface area contributed by atoms with Crippen molar-refractivity contribution in [3.63, 3.8) is 0 Å². The van der Waals surface area contributed by atoms with Crippen LogP contribution in [-0.2, 0) is 17.8 Å². The number of aromatic nitrogens is 3. The average Bonchev–Trinajstić information content (AvgIpc) is 3.27. The first-order valence-electron chi connectivity index (χ1n) is 10.0. The number of carbonyl (C=O) groups is 1. The molecule has 0 spiro atoms. The predicted octanol–water partition coefficient (Wildman–Crippen LogP) is 4.79. The number of rotatable bonds is 9. The second-order valence-corrected chi connectivity index (χ2v) is 9.62. The summed E-state index contributed by atoms with van der Waals surface area (Å²) in [6.45, 7) is 4.77. The van der Waals surface area contributed by atoms with Gasteiger partial charge >= 0.3 is 0 Å². The van der Waals surface area contributed by atoms with Crippen LogP contribution in [0.5, 0.6) is 0 Å². The first kappa shape index (κ1) is 20.2. The lowest BCUT2D eigenvalue weighted by atomic mass is 10.2. The molecule has 0 unspecified atom stereocenters. The summed E-state index contributed by atoms with van der Waals surface area (Å²) in [7, 11) is 0. The van der Waals surface area contributed by atoms with Crippen molar-refractivity contribution in [3.05, 3.63) is 64.1 Å². The number of carbonyl (C=O) groups excluding carboxylic acids is 1. The van der Waals surface area contributed by atoms with Crippen molar-refractivity contribution >= 4 is 29.0 Å². The smallest absolute Gasteiger partial charge is 0.233 e. The molecule has 0 bridgehead atoms. The molecule has 0 N–H and O–H groups in total. The number of amides is 1. The summed E-state index contributed by atoms with van der Waals surface area (Å²) in [5.74, 6) is 1.53. The van der Waals surface area contributed by atoms with Gasteiger partial charge in [-0.3, -0.25) is 4.79 Å². The topological polar surface area (TPSA) is 51.0 Å². The van der Waals surface area contributed by atoms with Crippen LogP contribution in [0.4, 0.5) is 0 Å². The van der Waals surface area contributed by atoms with Gasteiger partial charge in [0.2, 0.25) is 5.91 Å². The average molecular weight is 427 g/mol. The zero-order valence-electron chi connectivity index (χ0n) is 16.8. The molecule has 0 atom stereocenters. The molecule has 1 fully saturated rings. The number of benzene rings is 1. The summed E-state index contributed by atoms with van der Waals surface area (Å²) < 4.78 is 2.26. The van der Waals surface area contributed by atoms with Gasteiger partial charge in [-0.2, -0.15) is 0 Å². The van der Waals surface area contributed by atoms with E-state index in [1.807, 2.05) is 23.1 Å². The summed E-state index contributed by atoms with van der Waals surface area (Å²) in [6, 6.07) is 15.0. The standard InChI is InChI=1S/C22H26N4OS2/c1-16(2)25(14-17-7-4-3-5-8-17)21(27)15-29-22-24-23-20(26(22)18-10-11-18)13-19-9-6-12-28-19/h3-9,12,16,18H,10-11,13-15H2,1-2H3. The van der Waals surface area contributed by atoms with E-state index in [-0.39, 0.29) is 11.9 Å². The zero-order valence-corrected chi connectivity index (χ0v) is 18.5. The van der Waals surface area contributed by atoms with Crippen molar-refractivity contribution in [1.29, 1.82) is 0 Å². The second kappa shape index (κ2) is 9.13. The third kappa shape index (κ3) is 5.08. The van der Waals surface area contributed by atoms with E-state index < -0.39 is 0 Å². The number of nitrogens with zero attached hydrogens (tertiary/aromatic N) is 4. The van der Waals surface area contributed by atoms with Gasteiger partial charge in [0.1, 0.15) is 5.82 Å². The minimum Gasteiger partial charge on any atom is -0.335 e. The molecular weight excluding hydrogens is 400 g/mol. The Hall–Kier alpha value is -2.12. The maximum Gasteiger partial charge on any atom is 0.233 e. The Morgan fingerprint density at radius 1 is 1.21 bits per heavy atom. The van der Waals surface area contributed by atoms with Crippen molar-refractivity contribution in [2.24, 2.45) is 0 Å². The van der Waals surface area contributed by atoms with Gasteiger partial charge in [-0.15, -0.1) is 21.5 Å². The Bertz CT molecular complexity index is 933. The molecule has 0 saturated heterocycles. The van der Waals surface area contributed by atoms with E-state index >= 15 is 0 Å². The highest BCUT2D eigenvalue weighted by atomic mass is 32.2. The molecule has 2 aromatic heterocycles. The quantitative estimate of drug-likeness (QED) is 0.462. The number of thioether (sulfide) groups is 1. The lowest BCUT2D eigenvalue weighted by Gasteiger charge is -2.26. The summed E-state index contributed by atoms with van der Waals surface area (Å²) >= 11 is 3.26. The van der Waals surface area contributed by atoms with E-state index in [0.29, 0.717) is 18.3 Å². The highest BCUT2D eigenvalue weighted by Gasteiger charge is 2.30. The molecule has 0 aliphatic heterocycles. The molecule has 3 aromatic rings. The Balaban J connectivity index is 1.43. The van der Waals surface area contributed by atoms with Crippen molar-refractivity contribution in [2.45, 2.75) is 56.9 Å². The molecule has 1 aromatic carbocycles. The minimum atomic E-state index is 0.138. The van der Waals surface area contributed by atoms with Crippen molar-refractivity contribution in [2.75, 3.05) is 5.75 Å². The molecule has 152 valence electrons. The largest absolute Gasteiger partial charge is 0.335 e.